The van der Waals surface area contributed by atoms with Crippen molar-refractivity contribution in [2.75, 3.05) is 6.54 Å². The van der Waals surface area contributed by atoms with E-state index in [1.54, 1.807) is 0 Å². The average Bonchev–Trinajstić information content (AvgIpc) is 2.97. The van der Waals surface area contributed by atoms with Crippen molar-refractivity contribution in [2.24, 2.45) is 0 Å². The van der Waals surface area contributed by atoms with Crippen LogP contribution in [-0.2, 0) is 12.8 Å². The van der Waals surface area contributed by atoms with E-state index in [0.717, 1.165) is 36.2 Å². The largest absolute Gasteiger partial charge is 0.340 e. The first-order valence-electron chi connectivity index (χ1n) is 7.65. The van der Waals surface area contributed by atoms with Crippen LogP contribution >= 0.6 is 0 Å². The molecule has 3 nitrogen and oxygen atoms in total. The molecular weight excluding hydrogens is 258 g/mol. The van der Waals surface area contributed by atoms with Gasteiger partial charge >= 0.3 is 0 Å². The topological polar surface area (TPSA) is 40.7 Å². The van der Waals surface area contributed by atoms with Crippen molar-refractivity contribution in [1.29, 1.82) is 0 Å². The lowest BCUT2D eigenvalue weighted by molar-refractivity contribution is 0.549. The summed E-state index contributed by atoms with van der Waals surface area (Å²) >= 11 is 0. The van der Waals surface area contributed by atoms with E-state index in [0.29, 0.717) is 0 Å². The molecule has 0 spiro atoms. The molecule has 0 amide bonds. The summed E-state index contributed by atoms with van der Waals surface area (Å²) in [5.74, 6) is 1.02. The van der Waals surface area contributed by atoms with Crippen molar-refractivity contribution in [3.8, 4) is 0 Å². The van der Waals surface area contributed by atoms with Crippen molar-refractivity contribution in [3.63, 3.8) is 0 Å². The Morgan fingerprint density at radius 3 is 3.00 bits per heavy atom. The number of H-pyrrole nitrogens is 1. The summed E-state index contributed by atoms with van der Waals surface area (Å²) in [5, 5.41) is 3.59. The molecule has 4 rings (SSSR count). The van der Waals surface area contributed by atoms with Crippen molar-refractivity contribution < 1.29 is 0 Å². The van der Waals surface area contributed by atoms with Gasteiger partial charge in [-0.3, -0.25) is 0 Å². The molecule has 0 saturated carbocycles. The summed E-state index contributed by atoms with van der Waals surface area (Å²) in [6.07, 6.45) is 2.14. The number of hydrogen-bond donors (Lipinski definition) is 2. The van der Waals surface area contributed by atoms with Crippen LogP contribution in [0.4, 0.5) is 0 Å². The number of rotatable bonds is 2. The lowest BCUT2D eigenvalue weighted by Gasteiger charge is -2.25. The Kier molecular flexibility index (Phi) is 3.00. The van der Waals surface area contributed by atoms with E-state index in [-0.39, 0.29) is 6.04 Å². The number of aromatic amines is 1. The minimum absolute atomic E-state index is 0.174. The van der Waals surface area contributed by atoms with Gasteiger partial charge in [0.15, 0.2) is 0 Å². The number of imidazole rings is 1. The first kappa shape index (κ1) is 12.6. The van der Waals surface area contributed by atoms with Crippen molar-refractivity contribution in [2.45, 2.75) is 25.8 Å². The fourth-order valence-electron chi connectivity index (χ4n) is 3.18. The van der Waals surface area contributed by atoms with Crippen LogP contribution in [0.2, 0.25) is 0 Å². The van der Waals surface area contributed by atoms with E-state index >= 15 is 0 Å². The summed E-state index contributed by atoms with van der Waals surface area (Å²) in [5.41, 5.74) is 6.30. The summed E-state index contributed by atoms with van der Waals surface area (Å²) in [7, 11) is 0. The van der Waals surface area contributed by atoms with Crippen LogP contribution in [0, 0.1) is 0 Å². The van der Waals surface area contributed by atoms with Crippen LogP contribution in [0.25, 0.3) is 11.0 Å². The second-order valence-electron chi connectivity index (χ2n) is 5.66. The zero-order valence-corrected chi connectivity index (χ0v) is 12.2. The SMILES string of the molecule is CCc1ccc2nc(C3NCCc4ccccc43)[nH]c2c1. The fraction of sp³-hybridized carbons (Fsp3) is 0.278. The normalized spacial score (nSPS) is 17.9. The number of benzene rings is 2. The van der Waals surface area contributed by atoms with Gasteiger partial charge in [-0.05, 0) is 41.7 Å². The maximum Gasteiger partial charge on any atom is 0.129 e. The Morgan fingerprint density at radius 2 is 2.10 bits per heavy atom. The van der Waals surface area contributed by atoms with Gasteiger partial charge in [-0.25, -0.2) is 4.98 Å². The molecule has 21 heavy (non-hydrogen) atoms. The fourth-order valence-corrected chi connectivity index (χ4v) is 3.18. The van der Waals surface area contributed by atoms with Crippen molar-refractivity contribution >= 4 is 11.0 Å². The van der Waals surface area contributed by atoms with Gasteiger partial charge in [0.25, 0.3) is 0 Å². The summed E-state index contributed by atoms with van der Waals surface area (Å²) < 4.78 is 0. The van der Waals surface area contributed by atoms with E-state index in [1.807, 2.05) is 0 Å². The third-order valence-corrected chi connectivity index (χ3v) is 4.36. The quantitative estimate of drug-likeness (QED) is 0.754. The minimum atomic E-state index is 0.174. The zero-order chi connectivity index (χ0) is 14.2. The molecule has 106 valence electrons. The summed E-state index contributed by atoms with van der Waals surface area (Å²) in [6, 6.07) is 15.3. The number of aryl methyl sites for hydroxylation is 1. The van der Waals surface area contributed by atoms with Gasteiger partial charge in [0.2, 0.25) is 0 Å². The lowest BCUT2D eigenvalue weighted by atomic mass is 9.94. The predicted molar refractivity (Wildman–Crippen MR) is 85.5 cm³/mol. The molecule has 0 radical (unpaired) electrons. The van der Waals surface area contributed by atoms with Gasteiger partial charge in [-0.2, -0.15) is 0 Å². The summed E-state index contributed by atoms with van der Waals surface area (Å²) in [4.78, 5) is 8.30. The van der Waals surface area contributed by atoms with E-state index in [4.69, 9.17) is 4.98 Å². The molecule has 2 aromatic carbocycles. The van der Waals surface area contributed by atoms with Gasteiger partial charge < -0.3 is 10.3 Å². The second-order valence-corrected chi connectivity index (χ2v) is 5.66. The standard InChI is InChI=1S/C18H19N3/c1-2-12-7-8-15-16(11-12)21-18(20-15)17-14-6-4-3-5-13(14)9-10-19-17/h3-8,11,17,19H,2,9-10H2,1H3,(H,20,21). The average molecular weight is 277 g/mol. The highest BCUT2D eigenvalue weighted by molar-refractivity contribution is 5.76. The molecule has 0 saturated heterocycles. The van der Waals surface area contributed by atoms with Crippen LogP contribution in [0.5, 0.6) is 0 Å². The Morgan fingerprint density at radius 1 is 1.19 bits per heavy atom. The molecule has 1 unspecified atom stereocenters. The van der Waals surface area contributed by atoms with E-state index in [2.05, 4.69) is 59.7 Å². The van der Waals surface area contributed by atoms with Crippen molar-refractivity contribution in [3.05, 3.63) is 65.0 Å². The zero-order valence-electron chi connectivity index (χ0n) is 12.2. The summed E-state index contributed by atoms with van der Waals surface area (Å²) in [6.45, 7) is 3.18. The number of aromatic nitrogens is 2. The molecule has 0 fully saturated rings. The Labute approximate surface area is 124 Å². The molecule has 3 aromatic rings. The third kappa shape index (κ3) is 2.14. The number of hydrogen-bond acceptors (Lipinski definition) is 2. The van der Waals surface area contributed by atoms with Gasteiger partial charge in [0.05, 0.1) is 17.1 Å². The van der Waals surface area contributed by atoms with Gasteiger partial charge in [0.1, 0.15) is 5.82 Å². The highest BCUT2D eigenvalue weighted by Gasteiger charge is 2.23. The van der Waals surface area contributed by atoms with Gasteiger partial charge in [-0.15, -0.1) is 0 Å². The van der Waals surface area contributed by atoms with Crippen LogP contribution in [-0.4, -0.2) is 16.5 Å². The molecule has 2 heterocycles. The Hall–Kier alpha value is -2.13. The molecule has 0 aliphatic carbocycles. The first-order chi connectivity index (χ1) is 10.3. The van der Waals surface area contributed by atoms with Gasteiger partial charge in [0, 0.05) is 6.54 Å². The smallest absolute Gasteiger partial charge is 0.129 e. The third-order valence-electron chi connectivity index (χ3n) is 4.36. The van der Waals surface area contributed by atoms with Crippen LogP contribution in [0.3, 0.4) is 0 Å². The monoisotopic (exact) mass is 277 g/mol. The van der Waals surface area contributed by atoms with Gasteiger partial charge in [-0.1, -0.05) is 37.3 Å². The number of nitrogens with one attached hydrogen (secondary N) is 2. The van der Waals surface area contributed by atoms with Crippen LogP contribution in [0.15, 0.2) is 42.5 Å². The highest BCUT2D eigenvalue weighted by atomic mass is 15.0. The molecule has 2 N–H and O–H groups in total. The molecule has 1 aromatic heterocycles. The Balaban J connectivity index is 1.80. The second kappa shape index (κ2) is 5.01. The Bertz CT molecular complexity index is 788. The maximum atomic E-state index is 4.79. The molecule has 1 aliphatic heterocycles. The predicted octanol–water partition coefficient (Wildman–Crippen LogP) is 3.36. The maximum absolute atomic E-state index is 4.79. The van der Waals surface area contributed by atoms with Crippen molar-refractivity contribution in [1.82, 2.24) is 15.3 Å². The first-order valence-corrected chi connectivity index (χ1v) is 7.65. The molecule has 3 heteroatoms. The molecule has 1 atom stereocenters. The number of nitrogens with zero attached hydrogens (tertiary/aromatic N) is 1. The highest BCUT2D eigenvalue weighted by Crippen LogP contribution is 2.28. The van der Waals surface area contributed by atoms with Crippen LogP contribution < -0.4 is 5.32 Å². The lowest BCUT2D eigenvalue weighted by Crippen LogP contribution is -2.31. The minimum Gasteiger partial charge on any atom is -0.340 e. The van der Waals surface area contributed by atoms with Crippen LogP contribution in [0.1, 0.15) is 35.5 Å². The van der Waals surface area contributed by atoms with E-state index < -0.39 is 0 Å². The molecular formula is C18H19N3. The van der Waals surface area contributed by atoms with E-state index in [1.165, 1.54) is 16.7 Å². The van der Waals surface area contributed by atoms with E-state index in [9.17, 15) is 0 Å². The molecule has 1 aliphatic rings. The molecule has 0 bridgehead atoms. The number of fused-ring (bicyclic) bond motifs is 2.